The standard InChI is InChI=1S/C15H17NO5/c1-16-4-5-19-12(8-16)9-20-11-2-3-13-10(6-11)7-14(21-13)15(17)18/h2-3,6-7,12H,4-5,8-9H2,1H3,(H,17,18). The summed E-state index contributed by atoms with van der Waals surface area (Å²) in [5.74, 6) is -0.469. The number of aromatic carboxylic acids is 1. The minimum absolute atomic E-state index is 0.0541. The first kappa shape index (κ1) is 13.9. The van der Waals surface area contributed by atoms with Crippen molar-refractivity contribution in [3.05, 3.63) is 30.0 Å². The third-order valence-electron chi connectivity index (χ3n) is 3.48. The molecule has 0 spiro atoms. The van der Waals surface area contributed by atoms with Crippen LogP contribution < -0.4 is 4.74 Å². The first-order valence-electron chi connectivity index (χ1n) is 6.81. The van der Waals surface area contributed by atoms with Gasteiger partial charge in [0.25, 0.3) is 0 Å². The van der Waals surface area contributed by atoms with Crippen LogP contribution in [-0.4, -0.2) is 55.4 Å². The highest BCUT2D eigenvalue weighted by Crippen LogP contribution is 2.24. The molecule has 1 saturated heterocycles. The van der Waals surface area contributed by atoms with E-state index in [9.17, 15) is 4.79 Å². The summed E-state index contributed by atoms with van der Waals surface area (Å²) in [4.78, 5) is 13.1. The van der Waals surface area contributed by atoms with Crippen molar-refractivity contribution in [3.63, 3.8) is 0 Å². The highest BCUT2D eigenvalue weighted by Gasteiger charge is 2.18. The second-order valence-corrected chi connectivity index (χ2v) is 5.18. The topological polar surface area (TPSA) is 72.1 Å². The second-order valence-electron chi connectivity index (χ2n) is 5.18. The number of benzene rings is 1. The molecule has 1 atom stereocenters. The van der Waals surface area contributed by atoms with Crippen LogP contribution in [0.15, 0.2) is 28.7 Å². The number of fused-ring (bicyclic) bond motifs is 1. The predicted octanol–water partition coefficient (Wildman–Crippen LogP) is 1.84. The quantitative estimate of drug-likeness (QED) is 0.926. The van der Waals surface area contributed by atoms with Gasteiger partial charge in [-0.2, -0.15) is 0 Å². The number of morpholine rings is 1. The van der Waals surface area contributed by atoms with Gasteiger partial charge in [0.1, 0.15) is 24.0 Å². The Morgan fingerprint density at radius 3 is 3.10 bits per heavy atom. The van der Waals surface area contributed by atoms with Crippen molar-refractivity contribution in [2.75, 3.05) is 33.4 Å². The van der Waals surface area contributed by atoms with Crippen molar-refractivity contribution in [2.45, 2.75) is 6.10 Å². The van der Waals surface area contributed by atoms with E-state index >= 15 is 0 Å². The van der Waals surface area contributed by atoms with Gasteiger partial charge in [-0.1, -0.05) is 0 Å². The van der Waals surface area contributed by atoms with Crippen LogP contribution in [0.2, 0.25) is 0 Å². The molecule has 1 aliphatic heterocycles. The van der Waals surface area contributed by atoms with Crippen LogP contribution in [0.4, 0.5) is 0 Å². The van der Waals surface area contributed by atoms with Crippen LogP contribution in [0.5, 0.6) is 5.75 Å². The Bertz CT molecular complexity index is 651. The lowest BCUT2D eigenvalue weighted by molar-refractivity contribution is -0.0403. The van der Waals surface area contributed by atoms with E-state index in [4.69, 9.17) is 19.0 Å². The van der Waals surface area contributed by atoms with Gasteiger partial charge in [0, 0.05) is 18.5 Å². The highest BCUT2D eigenvalue weighted by molar-refractivity contribution is 5.91. The lowest BCUT2D eigenvalue weighted by atomic mass is 10.2. The zero-order valence-electron chi connectivity index (χ0n) is 11.7. The summed E-state index contributed by atoms with van der Waals surface area (Å²) in [5.41, 5.74) is 0.536. The Balaban J connectivity index is 1.68. The normalized spacial score (nSPS) is 19.8. The Morgan fingerprint density at radius 1 is 1.48 bits per heavy atom. The fourth-order valence-electron chi connectivity index (χ4n) is 2.37. The third-order valence-corrected chi connectivity index (χ3v) is 3.48. The van der Waals surface area contributed by atoms with Gasteiger partial charge in [0.15, 0.2) is 0 Å². The number of carbonyl (C=O) groups is 1. The van der Waals surface area contributed by atoms with Crippen molar-refractivity contribution in [1.29, 1.82) is 0 Å². The molecule has 6 nitrogen and oxygen atoms in total. The summed E-state index contributed by atoms with van der Waals surface area (Å²) in [6.45, 7) is 2.97. The molecule has 1 fully saturated rings. The summed E-state index contributed by atoms with van der Waals surface area (Å²) in [7, 11) is 2.06. The number of hydrogen-bond donors (Lipinski definition) is 1. The van der Waals surface area contributed by atoms with Gasteiger partial charge in [0.05, 0.1) is 6.61 Å². The van der Waals surface area contributed by atoms with Gasteiger partial charge in [-0.3, -0.25) is 0 Å². The van der Waals surface area contributed by atoms with E-state index < -0.39 is 5.97 Å². The number of carboxylic acid groups (broad SMARTS) is 1. The molecule has 1 aromatic carbocycles. The van der Waals surface area contributed by atoms with Gasteiger partial charge >= 0.3 is 5.97 Å². The fraction of sp³-hybridized carbons (Fsp3) is 0.400. The molecule has 0 amide bonds. The average molecular weight is 291 g/mol. The van der Waals surface area contributed by atoms with E-state index in [1.165, 1.54) is 6.07 Å². The number of likely N-dealkylation sites (N-methyl/N-ethyl adjacent to an activating group) is 1. The molecule has 1 aromatic heterocycles. The lowest BCUT2D eigenvalue weighted by Gasteiger charge is -2.29. The Labute approximate surface area is 121 Å². The van der Waals surface area contributed by atoms with Crippen LogP contribution in [0.1, 0.15) is 10.6 Å². The monoisotopic (exact) mass is 291 g/mol. The van der Waals surface area contributed by atoms with E-state index in [0.29, 0.717) is 29.9 Å². The van der Waals surface area contributed by atoms with E-state index in [0.717, 1.165) is 13.1 Å². The molecule has 1 aliphatic rings. The van der Waals surface area contributed by atoms with Crippen molar-refractivity contribution in [1.82, 2.24) is 4.90 Å². The van der Waals surface area contributed by atoms with Crippen molar-refractivity contribution < 1.29 is 23.8 Å². The largest absolute Gasteiger partial charge is 0.491 e. The van der Waals surface area contributed by atoms with Crippen LogP contribution in [-0.2, 0) is 4.74 Å². The molecule has 2 aromatic rings. The fourth-order valence-corrected chi connectivity index (χ4v) is 2.37. The highest BCUT2D eigenvalue weighted by atomic mass is 16.5. The molecule has 1 N–H and O–H groups in total. The SMILES string of the molecule is CN1CCOC(COc2ccc3oc(C(=O)O)cc3c2)C1. The zero-order valence-corrected chi connectivity index (χ0v) is 11.7. The summed E-state index contributed by atoms with van der Waals surface area (Å²) in [6, 6.07) is 6.75. The Kier molecular flexibility index (Phi) is 3.81. The first-order valence-corrected chi connectivity index (χ1v) is 6.81. The number of ether oxygens (including phenoxy) is 2. The number of rotatable bonds is 4. The molecule has 0 aliphatic carbocycles. The molecule has 0 saturated carbocycles. The summed E-state index contributed by atoms with van der Waals surface area (Å²) >= 11 is 0. The maximum absolute atomic E-state index is 10.9. The molecular weight excluding hydrogens is 274 g/mol. The van der Waals surface area contributed by atoms with Crippen molar-refractivity contribution >= 4 is 16.9 Å². The molecule has 0 bridgehead atoms. The smallest absolute Gasteiger partial charge is 0.371 e. The number of nitrogens with zero attached hydrogens (tertiary/aromatic N) is 1. The molecule has 112 valence electrons. The summed E-state index contributed by atoms with van der Waals surface area (Å²) in [6.07, 6.45) is 0.0541. The number of carboxylic acids is 1. The van der Waals surface area contributed by atoms with E-state index in [2.05, 4.69) is 11.9 Å². The summed E-state index contributed by atoms with van der Waals surface area (Å²) < 4.78 is 16.6. The van der Waals surface area contributed by atoms with Crippen LogP contribution >= 0.6 is 0 Å². The summed E-state index contributed by atoms with van der Waals surface area (Å²) in [5, 5.41) is 9.62. The minimum Gasteiger partial charge on any atom is -0.491 e. The Hall–Kier alpha value is -2.05. The van der Waals surface area contributed by atoms with Crippen molar-refractivity contribution in [2.24, 2.45) is 0 Å². The van der Waals surface area contributed by atoms with Crippen LogP contribution in [0.25, 0.3) is 11.0 Å². The Morgan fingerprint density at radius 2 is 2.33 bits per heavy atom. The second kappa shape index (κ2) is 5.75. The van der Waals surface area contributed by atoms with Gasteiger partial charge in [-0.05, 0) is 31.3 Å². The zero-order chi connectivity index (χ0) is 14.8. The average Bonchev–Trinajstić information content (AvgIpc) is 2.88. The maximum atomic E-state index is 10.9. The van der Waals surface area contributed by atoms with Crippen LogP contribution in [0.3, 0.4) is 0 Å². The van der Waals surface area contributed by atoms with Gasteiger partial charge < -0.3 is 23.9 Å². The minimum atomic E-state index is -1.08. The van der Waals surface area contributed by atoms with E-state index in [1.807, 2.05) is 0 Å². The molecule has 1 unspecified atom stereocenters. The number of furan rings is 1. The molecule has 6 heteroatoms. The van der Waals surface area contributed by atoms with Gasteiger partial charge in [0.2, 0.25) is 5.76 Å². The maximum Gasteiger partial charge on any atom is 0.371 e. The van der Waals surface area contributed by atoms with E-state index in [-0.39, 0.29) is 11.9 Å². The van der Waals surface area contributed by atoms with Crippen LogP contribution in [0, 0.1) is 0 Å². The van der Waals surface area contributed by atoms with Gasteiger partial charge in [-0.25, -0.2) is 4.79 Å². The molecule has 0 radical (unpaired) electrons. The lowest BCUT2D eigenvalue weighted by Crippen LogP contribution is -2.42. The molecule has 2 heterocycles. The first-order chi connectivity index (χ1) is 10.1. The predicted molar refractivity (Wildman–Crippen MR) is 75.9 cm³/mol. The number of hydrogen-bond acceptors (Lipinski definition) is 5. The molecule has 21 heavy (non-hydrogen) atoms. The molecular formula is C15H17NO5. The van der Waals surface area contributed by atoms with Crippen molar-refractivity contribution in [3.8, 4) is 5.75 Å². The van der Waals surface area contributed by atoms with E-state index in [1.54, 1.807) is 18.2 Å². The van der Waals surface area contributed by atoms with Gasteiger partial charge in [-0.15, -0.1) is 0 Å². The third kappa shape index (κ3) is 3.17. The molecule has 3 rings (SSSR count).